The fraction of sp³-hybridized carbons (Fsp3) is 0.357. The van der Waals surface area contributed by atoms with E-state index in [-0.39, 0.29) is 17.1 Å². The van der Waals surface area contributed by atoms with Crippen LogP contribution in [0.3, 0.4) is 0 Å². The van der Waals surface area contributed by atoms with Crippen molar-refractivity contribution >= 4 is 5.69 Å². The highest BCUT2D eigenvalue weighted by Gasteiger charge is 2.23. The highest BCUT2D eigenvalue weighted by atomic mass is 19.1. The first-order valence-electron chi connectivity index (χ1n) is 6.53. The number of rotatable bonds is 2. The molecule has 0 amide bonds. The normalized spacial score (nSPS) is 16.1. The average molecular weight is 261 g/mol. The van der Waals surface area contributed by atoms with Gasteiger partial charge in [0.1, 0.15) is 11.5 Å². The summed E-state index contributed by atoms with van der Waals surface area (Å²) < 4.78 is 14.3. The molecule has 1 aromatic carbocycles. The number of nitrogens with one attached hydrogen (secondary N) is 1. The standard InChI is InChI=1S/C14H16FN3O/c15-10-5-7-11(8-6-10)18-14(19)12(16)13(17-18)9-3-1-2-4-9/h5-9,17H,1-4,16H2. The van der Waals surface area contributed by atoms with E-state index in [0.717, 1.165) is 18.5 Å². The number of aromatic amines is 1. The molecule has 0 radical (unpaired) electrons. The molecule has 0 unspecified atom stereocenters. The van der Waals surface area contributed by atoms with E-state index in [2.05, 4.69) is 5.10 Å². The minimum absolute atomic E-state index is 0.256. The third kappa shape index (κ3) is 2.05. The van der Waals surface area contributed by atoms with Gasteiger partial charge < -0.3 is 5.73 Å². The Balaban J connectivity index is 2.05. The van der Waals surface area contributed by atoms with Crippen molar-refractivity contribution in [2.24, 2.45) is 0 Å². The maximum absolute atomic E-state index is 12.9. The monoisotopic (exact) mass is 261 g/mol. The van der Waals surface area contributed by atoms with E-state index >= 15 is 0 Å². The van der Waals surface area contributed by atoms with Crippen molar-refractivity contribution in [3.05, 3.63) is 46.1 Å². The quantitative estimate of drug-likeness (QED) is 0.872. The highest BCUT2D eigenvalue weighted by molar-refractivity contribution is 5.46. The summed E-state index contributed by atoms with van der Waals surface area (Å²) in [5, 5.41) is 3.08. The molecule has 1 fully saturated rings. The van der Waals surface area contributed by atoms with Gasteiger partial charge >= 0.3 is 0 Å². The summed E-state index contributed by atoms with van der Waals surface area (Å²) in [7, 11) is 0. The number of hydrogen-bond donors (Lipinski definition) is 2. The number of benzene rings is 1. The molecule has 0 bridgehead atoms. The first kappa shape index (κ1) is 12.0. The van der Waals surface area contributed by atoms with Crippen molar-refractivity contribution in [3.8, 4) is 5.69 Å². The second-order valence-corrected chi connectivity index (χ2v) is 5.04. The molecule has 2 aromatic rings. The molecule has 1 aromatic heterocycles. The fourth-order valence-electron chi connectivity index (χ4n) is 2.76. The maximum Gasteiger partial charge on any atom is 0.294 e. The molecule has 1 heterocycles. The van der Waals surface area contributed by atoms with Gasteiger partial charge in [0.05, 0.1) is 11.4 Å². The zero-order valence-corrected chi connectivity index (χ0v) is 10.5. The van der Waals surface area contributed by atoms with E-state index in [0.29, 0.717) is 11.6 Å². The molecule has 0 aliphatic heterocycles. The van der Waals surface area contributed by atoms with Crippen LogP contribution in [0.5, 0.6) is 0 Å². The highest BCUT2D eigenvalue weighted by Crippen LogP contribution is 2.34. The van der Waals surface area contributed by atoms with Gasteiger partial charge in [-0.15, -0.1) is 0 Å². The van der Waals surface area contributed by atoms with Gasteiger partial charge in [-0.3, -0.25) is 9.89 Å². The maximum atomic E-state index is 12.9. The van der Waals surface area contributed by atoms with Gasteiger partial charge in [-0.05, 0) is 37.1 Å². The number of aromatic nitrogens is 2. The van der Waals surface area contributed by atoms with Gasteiger partial charge in [0.15, 0.2) is 0 Å². The van der Waals surface area contributed by atoms with Crippen LogP contribution in [0.15, 0.2) is 29.1 Å². The Morgan fingerprint density at radius 3 is 2.47 bits per heavy atom. The van der Waals surface area contributed by atoms with Crippen molar-refractivity contribution < 1.29 is 4.39 Å². The van der Waals surface area contributed by atoms with Gasteiger partial charge in [0, 0.05) is 5.92 Å². The Morgan fingerprint density at radius 1 is 1.21 bits per heavy atom. The molecule has 100 valence electrons. The average Bonchev–Trinajstić information content (AvgIpc) is 3.02. The largest absolute Gasteiger partial charge is 0.393 e. The Morgan fingerprint density at radius 2 is 1.84 bits per heavy atom. The summed E-state index contributed by atoms with van der Waals surface area (Å²) in [4.78, 5) is 12.1. The molecule has 19 heavy (non-hydrogen) atoms. The van der Waals surface area contributed by atoms with Gasteiger partial charge in [-0.2, -0.15) is 0 Å². The fourth-order valence-corrected chi connectivity index (χ4v) is 2.76. The van der Waals surface area contributed by atoms with E-state index in [9.17, 15) is 9.18 Å². The number of anilines is 1. The molecule has 0 atom stereocenters. The van der Waals surface area contributed by atoms with E-state index in [1.807, 2.05) is 0 Å². The molecule has 1 aliphatic rings. The lowest BCUT2D eigenvalue weighted by atomic mass is 10.0. The zero-order chi connectivity index (χ0) is 13.4. The second kappa shape index (κ2) is 4.57. The van der Waals surface area contributed by atoms with Crippen LogP contribution in [0.1, 0.15) is 37.3 Å². The molecule has 4 nitrogen and oxygen atoms in total. The molecule has 1 saturated carbocycles. The third-order valence-corrected chi connectivity index (χ3v) is 3.80. The number of nitrogens with zero attached hydrogens (tertiary/aromatic N) is 1. The third-order valence-electron chi connectivity index (χ3n) is 3.80. The van der Waals surface area contributed by atoms with Crippen LogP contribution in [0, 0.1) is 5.82 Å². The van der Waals surface area contributed by atoms with Crippen LogP contribution in [-0.4, -0.2) is 9.78 Å². The van der Waals surface area contributed by atoms with Crippen LogP contribution in [-0.2, 0) is 0 Å². The number of hydrogen-bond acceptors (Lipinski definition) is 2. The van der Waals surface area contributed by atoms with Gasteiger partial charge in [-0.1, -0.05) is 12.8 Å². The Kier molecular flexibility index (Phi) is 2.89. The lowest BCUT2D eigenvalue weighted by Crippen LogP contribution is -2.16. The molecule has 3 N–H and O–H groups in total. The van der Waals surface area contributed by atoms with E-state index in [4.69, 9.17) is 5.73 Å². The van der Waals surface area contributed by atoms with E-state index in [1.54, 1.807) is 12.1 Å². The molecule has 1 aliphatic carbocycles. The molecule has 0 spiro atoms. The van der Waals surface area contributed by atoms with Crippen molar-refractivity contribution in [1.29, 1.82) is 0 Å². The number of nitrogens with two attached hydrogens (primary N) is 1. The summed E-state index contributed by atoms with van der Waals surface area (Å²) >= 11 is 0. The molecule has 3 rings (SSSR count). The molecular weight excluding hydrogens is 245 g/mol. The van der Waals surface area contributed by atoms with Crippen molar-refractivity contribution in [3.63, 3.8) is 0 Å². The molecule has 5 heteroatoms. The van der Waals surface area contributed by atoms with Crippen LogP contribution >= 0.6 is 0 Å². The Hall–Kier alpha value is -2.04. The summed E-state index contributed by atoms with van der Waals surface area (Å²) in [6.45, 7) is 0. The topological polar surface area (TPSA) is 63.8 Å². The summed E-state index contributed by atoms with van der Waals surface area (Å²) in [5.74, 6) is 0.0155. The van der Waals surface area contributed by atoms with Gasteiger partial charge in [-0.25, -0.2) is 9.07 Å². The van der Waals surface area contributed by atoms with Gasteiger partial charge in [0.2, 0.25) is 0 Å². The number of nitrogen functional groups attached to an aromatic ring is 1. The lowest BCUT2D eigenvalue weighted by Gasteiger charge is -2.07. The van der Waals surface area contributed by atoms with Crippen molar-refractivity contribution in [2.45, 2.75) is 31.6 Å². The molecular formula is C14H16FN3O. The van der Waals surface area contributed by atoms with Crippen LogP contribution in [0.4, 0.5) is 10.1 Å². The van der Waals surface area contributed by atoms with Crippen molar-refractivity contribution in [1.82, 2.24) is 9.78 Å². The lowest BCUT2D eigenvalue weighted by molar-refractivity contribution is 0.626. The van der Waals surface area contributed by atoms with E-state index < -0.39 is 0 Å². The summed E-state index contributed by atoms with van der Waals surface area (Å²) in [6, 6.07) is 5.78. The van der Waals surface area contributed by atoms with Crippen LogP contribution < -0.4 is 11.3 Å². The van der Waals surface area contributed by atoms with Crippen molar-refractivity contribution in [2.75, 3.05) is 5.73 Å². The first-order valence-corrected chi connectivity index (χ1v) is 6.53. The van der Waals surface area contributed by atoms with E-state index in [1.165, 1.54) is 29.7 Å². The predicted octanol–water partition coefficient (Wildman–Crippen LogP) is 2.54. The first-order chi connectivity index (χ1) is 9.16. The predicted molar refractivity (Wildman–Crippen MR) is 72.0 cm³/mol. The second-order valence-electron chi connectivity index (χ2n) is 5.04. The SMILES string of the molecule is Nc1c(C2CCCC2)[nH]n(-c2ccc(F)cc2)c1=O. The zero-order valence-electron chi connectivity index (χ0n) is 10.5. The number of H-pyrrole nitrogens is 1. The minimum Gasteiger partial charge on any atom is -0.393 e. The molecule has 0 saturated heterocycles. The Bertz CT molecular complexity index is 636. The van der Waals surface area contributed by atoms with Gasteiger partial charge in [0.25, 0.3) is 5.56 Å². The van der Waals surface area contributed by atoms with Crippen LogP contribution in [0.25, 0.3) is 5.69 Å². The Labute approximate surface area is 110 Å². The summed E-state index contributed by atoms with van der Waals surface area (Å²) in [5.41, 5.74) is 7.37. The minimum atomic E-state index is -0.327. The number of halogens is 1. The van der Waals surface area contributed by atoms with Crippen LogP contribution in [0.2, 0.25) is 0 Å². The smallest absolute Gasteiger partial charge is 0.294 e. The summed E-state index contributed by atoms with van der Waals surface area (Å²) in [6.07, 6.45) is 4.48.